The topological polar surface area (TPSA) is 69.6 Å². The third kappa shape index (κ3) is 2.76. The highest BCUT2D eigenvalue weighted by Crippen LogP contribution is 2.26. The van der Waals surface area contributed by atoms with Crippen molar-refractivity contribution in [2.24, 2.45) is 0 Å². The van der Waals surface area contributed by atoms with Crippen molar-refractivity contribution in [3.05, 3.63) is 39.5 Å². The van der Waals surface area contributed by atoms with Crippen molar-refractivity contribution in [3.8, 4) is 0 Å². The van der Waals surface area contributed by atoms with Crippen LogP contribution in [0.1, 0.15) is 11.1 Å². The second-order valence-electron chi connectivity index (χ2n) is 4.63. The van der Waals surface area contributed by atoms with Gasteiger partial charge in [0.1, 0.15) is 5.70 Å². The van der Waals surface area contributed by atoms with Gasteiger partial charge in [-0.25, -0.2) is 0 Å². The third-order valence-electron chi connectivity index (χ3n) is 3.05. The SMILES string of the molecule is Cc1cc(NC2=CC(=O)N(CCO)C2=O)cc(C)c1Br. The van der Waals surface area contributed by atoms with Gasteiger partial charge in [0, 0.05) is 16.2 Å². The fourth-order valence-corrected chi connectivity index (χ4v) is 2.31. The van der Waals surface area contributed by atoms with Crippen molar-refractivity contribution in [2.75, 3.05) is 18.5 Å². The van der Waals surface area contributed by atoms with E-state index in [0.29, 0.717) is 0 Å². The summed E-state index contributed by atoms with van der Waals surface area (Å²) >= 11 is 3.48. The second kappa shape index (κ2) is 5.76. The summed E-state index contributed by atoms with van der Waals surface area (Å²) in [4.78, 5) is 24.6. The zero-order valence-electron chi connectivity index (χ0n) is 11.2. The van der Waals surface area contributed by atoms with Crippen LogP contribution in [0.15, 0.2) is 28.4 Å². The molecule has 1 aliphatic heterocycles. The summed E-state index contributed by atoms with van der Waals surface area (Å²) in [6.07, 6.45) is 1.25. The van der Waals surface area contributed by atoms with Gasteiger partial charge in [-0.2, -0.15) is 0 Å². The molecule has 0 radical (unpaired) electrons. The molecule has 1 heterocycles. The van der Waals surface area contributed by atoms with Gasteiger partial charge in [0.2, 0.25) is 0 Å². The summed E-state index contributed by atoms with van der Waals surface area (Å²) < 4.78 is 1.02. The Balaban J connectivity index is 2.21. The summed E-state index contributed by atoms with van der Waals surface area (Å²) in [7, 11) is 0. The first-order chi connectivity index (χ1) is 9.43. The summed E-state index contributed by atoms with van der Waals surface area (Å²) in [5.41, 5.74) is 3.06. The molecule has 1 aromatic rings. The number of carbonyl (C=O) groups is 2. The smallest absolute Gasteiger partial charge is 0.277 e. The molecule has 2 rings (SSSR count). The minimum atomic E-state index is -0.415. The number of anilines is 1. The number of amides is 2. The monoisotopic (exact) mass is 338 g/mol. The zero-order chi connectivity index (χ0) is 14.9. The number of halogens is 1. The van der Waals surface area contributed by atoms with Crippen LogP contribution in [0.2, 0.25) is 0 Å². The maximum atomic E-state index is 12.0. The number of aliphatic hydroxyl groups is 1. The number of nitrogens with zero attached hydrogens (tertiary/aromatic N) is 1. The van der Waals surface area contributed by atoms with Gasteiger partial charge in [-0.1, -0.05) is 15.9 Å². The standard InChI is InChI=1S/C14H15BrN2O3/c1-8-5-10(6-9(2)13(8)15)16-11-7-12(19)17(3-4-18)14(11)20/h5-7,16,18H,3-4H2,1-2H3. The molecule has 0 bridgehead atoms. The fraction of sp³-hybridized carbons (Fsp3) is 0.286. The Kier molecular flexibility index (Phi) is 4.25. The minimum absolute atomic E-state index is 0.0116. The van der Waals surface area contributed by atoms with Gasteiger partial charge in [-0.05, 0) is 37.1 Å². The Hall–Kier alpha value is -1.66. The van der Waals surface area contributed by atoms with Gasteiger partial charge in [0.25, 0.3) is 11.8 Å². The van der Waals surface area contributed by atoms with Gasteiger partial charge in [-0.3, -0.25) is 14.5 Å². The molecule has 0 aromatic heterocycles. The molecule has 106 valence electrons. The first-order valence-corrected chi connectivity index (χ1v) is 6.95. The molecule has 6 heteroatoms. The van der Waals surface area contributed by atoms with E-state index in [4.69, 9.17) is 5.11 Å². The highest BCUT2D eigenvalue weighted by atomic mass is 79.9. The third-order valence-corrected chi connectivity index (χ3v) is 4.30. The van der Waals surface area contributed by atoms with Gasteiger partial charge in [-0.15, -0.1) is 0 Å². The maximum Gasteiger partial charge on any atom is 0.277 e. The quantitative estimate of drug-likeness (QED) is 0.820. The van der Waals surface area contributed by atoms with E-state index in [1.807, 2.05) is 26.0 Å². The lowest BCUT2D eigenvalue weighted by molar-refractivity contribution is -0.137. The zero-order valence-corrected chi connectivity index (χ0v) is 12.8. The number of rotatable bonds is 4. The molecule has 1 aliphatic rings. The average molecular weight is 339 g/mol. The average Bonchev–Trinajstić information content (AvgIpc) is 2.64. The van der Waals surface area contributed by atoms with Crippen LogP contribution in [0.3, 0.4) is 0 Å². The maximum absolute atomic E-state index is 12.0. The Morgan fingerprint density at radius 3 is 2.40 bits per heavy atom. The van der Waals surface area contributed by atoms with Crippen LogP contribution in [0, 0.1) is 13.8 Å². The molecule has 2 N–H and O–H groups in total. The first-order valence-electron chi connectivity index (χ1n) is 6.16. The predicted molar refractivity (Wildman–Crippen MR) is 79.1 cm³/mol. The Morgan fingerprint density at radius 2 is 1.85 bits per heavy atom. The fourth-order valence-electron chi connectivity index (χ4n) is 2.08. The number of hydrogen-bond donors (Lipinski definition) is 2. The minimum Gasteiger partial charge on any atom is -0.395 e. The van der Waals surface area contributed by atoms with Crippen molar-refractivity contribution in [2.45, 2.75) is 13.8 Å². The Labute approximate surface area is 125 Å². The van der Waals surface area contributed by atoms with E-state index < -0.39 is 11.8 Å². The van der Waals surface area contributed by atoms with Crippen LogP contribution in [-0.2, 0) is 9.59 Å². The van der Waals surface area contributed by atoms with E-state index in [-0.39, 0.29) is 18.8 Å². The van der Waals surface area contributed by atoms with E-state index in [1.165, 1.54) is 6.08 Å². The Morgan fingerprint density at radius 1 is 1.25 bits per heavy atom. The molecule has 20 heavy (non-hydrogen) atoms. The van der Waals surface area contributed by atoms with E-state index in [1.54, 1.807) is 0 Å². The lowest BCUT2D eigenvalue weighted by atomic mass is 10.1. The van der Waals surface area contributed by atoms with Gasteiger partial charge in [0.05, 0.1) is 13.2 Å². The van der Waals surface area contributed by atoms with E-state index >= 15 is 0 Å². The van der Waals surface area contributed by atoms with Crippen molar-refractivity contribution < 1.29 is 14.7 Å². The molecule has 2 amide bonds. The van der Waals surface area contributed by atoms with Gasteiger partial charge in [0.15, 0.2) is 0 Å². The Bertz CT molecular complexity index is 587. The molecular formula is C14H15BrN2O3. The van der Waals surface area contributed by atoms with Crippen molar-refractivity contribution >= 4 is 33.4 Å². The summed E-state index contributed by atoms with van der Waals surface area (Å²) in [6, 6.07) is 3.79. The number of hydrogen-bond acceptors (Lipinski definition) is 4. The lowest BCUT2D eigenvalue weighted by Crippen LogP contribution is -2.34. The number of aliphatic hydroxyl groups excluding tert-OH is 1. The molecule has 0 atom stereocenters. The number of imide groups is 1. The highest BCUT2D eigenvalue weighted by molar-refractivity contribution is 9.10. The van der Waals surface area contributed by atoms with Crippen molar-refractivity contribution in [1.82, 2.24) is 4.90 Å². The molecule has 0 fully saturated rings. The first kappa shape index (κ1) is 14.7. The van der Waals surface area contributed by atoms with Crippen molar-refractivity contribution in [1.29, 1.82) is 0 Å². The van der Waals surface area contributed by atoms with Crippen molar-refractivity contribution in [3.63, 3.8) is 0 Å². The molecule has 1 aromatic carbocycles. The predicted octanol–water partition coefficient (Wildman–Crippen LogP) is 1.72. The van der Waals surface area contributed by atoms with Crippen LogP contribution in [0.25, 0.3) is 0 Å². The summed E-state index contributed by atoms with van der Waals surface area (Å²) in [6.45, 7) is 3.68. The summed E-state index contributed by atoms with van der Waals surface area (Å²) in [5, 5.41) is 11.8. The number of carbonyl (C=O) groups excluding carboxylic acids is 2. The van der Waals surface area contributed by atoms with Crippen LogP contribution >= 0.6 is 15.9 Å². The van der Waals surface area contributed by atoms with Crippen LogP contribution in [0.5, 0.6) is 0 Å². The molecule has 0 saturated carbocycles. The van der Waals surface area contributed by atoms with E-state index in [2.05, 4.69) is 21.2 Å². The molecule has 0 aliphatic carbocycles. The molecule has 0 unspecified atom stereocenters. The van der Waals surface area contributed by atoms with Gasteiger partial charge < -0.3 is 10.4 Å². The summed E-state index contributed by atoms with van der Waals surface area (Å²) in [5.74, 6) is -0.820. The molecule has 0 spiro atoms. The largest absolute Gasteiger partial charge is 0.395 e. The molecular weight excluding hydrogens is 324 g/mol. The van der Waals surface area contributed by atoms with E-state index in [0.717, 1.165) is 26.2 Å². The second-order valence-corrected chi connectivity index (χ2v) is 5.42. The highest BCUT2D eigenvalue weighted by Gasteiger charge is 2.30. The van der Waals surface area contributed by atoms with Crippen LogP contribution < -0.4 is 5.32 Å². The molecule has 5 nitrogen and oxygen atoms in total. The van der Waals surface area contributed by atoms with E-state index in [9.17, 15) is 9.59 Å². The van der Waals surface area contributed by atoms with Gasteiger partial charge >= 0.3 is 0 Å². The lowest BCUT2D eigenvalue weighted by Gasteiger charge is -2.14. The van der Waals surface area contributed by atoms with Crippen LogP contribution in [-0.4, -0.2) is 35.0 Å². The number of nitrogens with one attached hydrogen (secondary N) is 1. The molecule has 0 saturated heterocycles. The number of aryl methyl sites for hydroxylation is 2. The number of β-amino-alcohol motifs (C(OH)–C–C–N with tert-alkyl or cyclic N) is 1. The van der Waals surface area contributed by atoms with Crippen LogP contribution in [0.4, 0.5) is 5.69 Å². The number of benzene rings is 1. The normalized spacial score (nSPS) is 14.8.